The zero-order chi connectivity index (χ0) is 23.5. The van der Waals surface area contributed by atoms with E-state index in [1.54, 1.807) is 23.0 Å². The molecule has 1 amide bonds. The second-order valence-electron chi connectivity index (χ2n) is 8.78. The molecule has 0 saturated carbocycles. The predicted octanol–water partition coefficient (Wildman–Crippen LogP) is 6.05. The van der Waals surface area contributed by atoms with E-state index in [0.717, 1.165) is 55.0 Å². The summed E-state index contributed by atoms with van der Waals surface area (Å²) < 4.78 is 1.71. The molecular weight excluding hydrogens is 410 g/mol. The number of benzene rings is 1. The molecule has 0 bridgehead atoms. The third-order valence-electron chi connectivity index (χ3n) is 6.15. The van der Waals surface area contributed by atoms with Crippen molar-refractivity contribution in [3.63, 3.8) is 0 Å². The highest BCUT2D eigenvalue weighted by Crippen LogP contribution is 2.17. The minimum Gasteiger partial charge on any atom is -0.338 e. The fraction of sp³-hybridized carbons (Fsp3) is 0.464. The third-order valence-corrected chi connectivity index (χ3v) is 6.15. The van der Waals surface area contributed by atoms with Crippen LogP contribution in [0.25, 0.3) is 10.9 Å². The molecule has 0 aliphatic heterocycles. The molecule has 0 spiro atoms. The first-order chi connectivity index (χ1) is 16.2. The Balaban J connectivity index is 1.93. The van der Waals surface area contributed by atoms with Crippen LogP contribution in [-0.2, 0) is 6.54 Å². The van der Waals surface area contributed by atoms with Crippen LogP contribution in [0, 0.1) is 0 Å². The number of carbonyl (C=O) groups excluding carboxylic acids is 1. The van der Waals surface area contributed by atoms with Crippen LogP contribution in [0.4, 0.5) is 0 Å². The van der Waals surface area contributed by atoms with Crippen molar-refractivity contribution in [1.29, 1.82) is 0 Å². The molecule has 176 valence electrons. The highest BCUT2D eigenvalue weighted by atomic mass is 16.2. The maximum atomic E-state index is 13.6. The van der Waals surface area contributed by atoms with Crippen LogP contribution in [0.3, 0.4) is 0 Å². The standard InChI is InChI=1S/C28H37N3O2/c1-3-5-7-11-18-30(19-12-8-6-4-2)27(32)25-20-24-15-9-10-16-26(24)31(28(25)33)22-23-14-13-17-29-21-23/h9-10,13-17,20-21H,3-8,11-12,18-19,22H2,1-2H3. The minimum absolute atomic E-state index is 0.140. The number of amides is 1. The maximum Gasteiger partial charge on any atom is 0.264 e. The van der Waals surface area contributed by atoms with E-state index in [2.05, 4.69) is 18.8 Å². The van der Waals surface area contributed by atoms with Crippen LogP contribution >= 0.6 is 0 Å². The van der Waals surface area contributed by atoms with Crippen molar-refractivity contribution in [3.05, 3.63) is 76.3 Å². The van der Waals surface area contributed by atoms with Crippen molar-refractivity contribution in [2.45, 2.75) is 71.8 Å². The lowest BCUT2D eigenvalue weighted by Crippen LogP contribution is -2.38. The molecule has 0 unspecified atom stereocenters. The molecule has 5 nitrogen and oxygen atoms in total. The number of hydrogen-bond donors (Lipinski definition) is 0. The predicted molar refractivity (Wildman–Crippen MR) is 136 cm³/mol. The van der Waals surface area contributed by atoms with Crippen molar-refractivity contribution in [2.75, 3.05) is 13.1 Å². The van der Waals surface area contributed by atoms with Gasteiger partial charge in [-0.05, 0) is 42.0 Å². The van der Waals surface area contributed by atoms with Crippen molar-refractivity contribution >= 4 is 16.8 Å². The van der Waals surface area contributed by atoms with Crippen molar-refractivity contribution in [3.8, 4) is 0 Å². The molecular formula is C28H37N3O2. The SMILES string of the molecule is CCCCCCN(CCCCCC)C(=O)c1cc2ccccc2n(Cc2cccnc2)c1=O. The van der Waals surface area contributed by atoms with Crippen molar-refractivity contribution in [1.82, 2.24) is 14.5 Å². The molecule has 3 rings (SSSR count). The second kappa shape index (κ2) is 12.9. The fourth-order valence-corrected chi connectivity index (χ4v) is 4.26. The van der Waals surface area contributed by atoms with Gasteiger partial charge in [0.05, 0.1) is 12.1 Å². The Hall–Kier alpha value is -2.95. The summed E-state index contributed by atoms with van der Waals surface area (Å²) in [5.74, 6) is -0.140. The number of pyridine rings is 2. The number of unbranched alkanes of at least 4 members (excludes halogenated alkanes) is 6. The second-order valence-corrected chi connectivity index (χ2v) is 8.78. The monoisotopic (exact) mass is 447 g/mol. The van der Waals surface area contributed by atoms with E-state index < -0.39 is 0 Å². The van der Waals surface area contributed by atoms with Crippen LogP contribution < -0.4 is 5.56 Å². The highest BCUT2D eigenvalue weighted by molar-refractivity contribution is 5.97. The molecule has 2 aromatic heterocycles. The van der Waals surface area contributed by atoms with E-state index in [0.29, 0.717) is 19.6 Å². The van der Waals surface area contributed by atoms with Gasteiger partial charge < -0.3 is 9.47 Å². The lowest BCUT2D eigenvalue weighted by atomic mass is 10.1. The van der Waals surface area contributed by atoms with Crippen LogP contribution in [0.5, 0.6) is 0 Å². The summed E-state index contributed by atoms with van der Waals surface area (Å²) in [7, 11) is 0. The number of para-hydroxylation sites is 1. The molecule has 0 fully saturated rings. The lowest BCUT2D eigenvalue weighted by Gasteiger charge is -2.23. The van der Waals surface area contributed by atoms with Gasteiger partial charge in [0.2, 0.25) is 0 Å². The van der Waals surface area contributed by atoms with E-state index in [4.69, 9.17) is 0 Å². The Morgan fingerprint density at radius 3 is 2.24 bits per heavy atom. The molecule has 1 aromatic carbocycles. The Kier molecular flexibility index (Phi) is 9.67. The molecule has 2 heterocycles. The summed E-state index contributed by atoms with van der Waals surface area (Å²) in [6, 6.07) is 13.4. The maximum absolute atomic E-state index is 13.6. The fourth-order valence-electron chi connectivity index (χ4n) is 4.26. The normalized spacial score (nSPS) is 11.1. The van der Waals surface area contributed by atoms with Crippen molar-refractivity contribution in [2.24, 2.45) is 0 Å². The number of rotatable bonds is 13. The molecule has 5 heteroatoms. The molecule has 0 aliphatic rings. The summed E-state index contributed by atoms with van der Waals surface area (Å²) in [5.41, 5.74) is 1.81. The Morgan fingerprint density at radius 2 is 1.61 bits per heavy atom. The van der Waals surface area contributed by atoms with E-state index in [1.165, 1.54) is 12.8 Å². The summed E-state index contributed by atoms with van der Waals surface area (Å²) >= 11 is 0. The first-order valence-corrected chi connectivity index (χ1v) is 12.5. The largest absolute Gasteiger partial charge is 0.338 e. The molecule has 0 atom stereocenters. The van der Waals surface area contributed by atoms with Gasteiger partial charge in [-0.2, -0.15) is 0 Å². The number of fused-ring (bicyclic) bond motifs is 1. The average molecular weight is 448 g/mol. The van der Waals surface area contributed by atoms with Gasteiger partial charge in [0.15, 0.2) is 0 Å². The highest BCUT2D eigenvalue weighted by Gasteiger charge is 2.21. The van der Waals surface area contributed by atoms with Crippen LogP contribution in [-0.4, -0.2) is 33.4 Å². The quantitative estimate of drug-likeness (QED) is 0.300. The first-order valence-electron chi connectivity index (χ1n) is 12.5. The minimum atomic E-state index is -0.227. The van der Waals surface area contributed by atoms with Gasteiger partial charge in [0, 0.05) is 25.5 Å². The van der Waals surface area contributed by atoms with Crippen molar-refractivity contribution < 1.29 is 4.79 Å². The topological polar surface area (TPSA) is 55.2 Å². The molecule has 3 aromatic rings. The Labute approximate surface area is 197 Å². The first kappa shape index (κ1) is 24.7. The Bertz CT molecular complexity index is 1060. The molecule has 0 aliphatic carbocycles. The van der Waals surface area contributed by atoms with E-state index in [-0.39, 0.29) is 17.0 Å². The van der Waals surface area contributed by atoms with Gasteiger partial charge in [-0.25, -0.2) is 0 Å². The zero-order valence-corrected chi connectivity index (χ0v) is 20.1. The summed E-state index contributed by atoms with van der Waals surface area (Å²) in [6.45, 7) is 6.18. The van der Waals surface area contributed by atoms with Gasteiger partial charge >= 0.3 is 0 Å². The number of hydrogen-bond acceptors (Lipinski definition) is 3. The number of carbonyl (C=O) groups is 1. The summed E-state index contributed by atoms with van der Waals surface area (Å²) in [5, 5.41) is 0.904. The summed E-state index contributed by atoms with van der Waals surface area (Å²) in [4.78, 5) is 33.3. The zero-order valence-electron chi connectivity index (χ0n) is 20.1. The third kappa shape index (κ3) is 6.77. The summed E-state index contributed by atoms with van der Waals surface area (Å²) in [6.07, 6.45) is 12.3. The van der Waals surface area contributed by atoms with Crippen LogP contribution in [0.15, 0.2) is 59.7 Å². The number of nitrogens with zero attached hydrogens (tertiary/aromatic N) is 3. The van der Waals surface area contributed by atoms with E-state index >= 15 is 0 Å². The average Bonchev–Trinajstić information content (AvgIpc) is 2.85. The molecule has 0 radical (unpaired) electrons. The molecule has 0 saturated heterocycles. The molecule has 33 heavy (non-hydrogen) atoms. The smallest absolute Gasteiger partial charge is 0.264 e. The van der Waals surface area contributed by atoms with Gasteiger partial charge in [0.1, 0.15) is 5.56 Å². The van der Waals surface area contributed by atoms with Gasteiger partial charge in [-0.1, -0.05) is 76.6 Å². The lowest BCUT2D eigenvalue weighted by molar-refractivity contribution is 0.0747. The van der Waals surface area contributed by atoms with Gasteiger partial charge in [0.25, 0.3) is 11.5 Å². The number of aromatic nitrogens is 2. The Morgan fingerprint density at radius 1 is 0.909 bits per heavy atom. The van der Waals surface area contributed by atoms with Gasteiger partial charge in [-0.3, -0.25) is 14.6 Å². The van der Waals surface area contributed by atoms with Crippen LogP contribution in [0.2, 0.25) is 0 Å². The van der Waals surface area contributed by atoms with E-state index in [9.17, 15) is 9.59 Å². The van der Waals surface area contributed by atoms with Crippen LogP contribution in [0.1, 0.15) is 81.1 Å². The molecule has 0 N–H and O–H groups in total. The van der Waals surface area contributed by atoms with Gasteiger partial charge in [-0.15, -0.1) is 0 Å². The van der Waals surface area contributed by atoms with E-state index in [1.807, 2.05) is 41.3 Å².